The Hall–Kier alpha value is -3.92. The summed E-state index contributed by atoms with van der Waals surface area (Å²) in [4.78, 5) is 27.8. The molecule has 10 heteroatoms. The predicted octanol–water partition coefficient (Wildman–Crippen LogP) is 3.97. The molecule has 0 spiro atoms. The third kappa shape index (κ3) is 4.21. The molecule has 6 rings (SSSR count). The quantitative estimate of drug-likeness (QED) is 0.436. The molecule has 0 radical (unpaired) electrons. The normalized spacial score (nSPS) is 16.7. The highest BCUT2D eigenvalue weighted by Crippen LogP contribution is 2.36. The van der Waals surface area contributed by atoms with Crippen LogP contribution in [-0.2, 0) is 12.0 Å². The Kier molecular flexibility index (Phi) is 5.63. The first-order valence-electron chi connectivity index (χ1n) is 12.4. The number of aryl methyl sites for hydroxylation is 1. The van der Waals surface area contributed by atoms with Gasteiger partial charge in [-0.3, -0.25) is 4.79 Å². The average molecular weight is 504 g/mol. The van der Waals surface area contributed by atoms with Gasteiger partial charge in [0.05, 0.1) is 29.0 Å². The van der Waals surface area contributed by atoms with Gasteiger partial charge in [0.2, 0.25) is 5.95 Å². The zero-order chi connectivity index (χ0) is 25.7. The Morgan fingerprint density at radius 3 is 2.59 bits per heavy atom. The minimum absolute atomic E-state index is 0.00376. The molecule has 4 aromatic rings. The molecule has 0 bridgehead atoms. The first kappa shape index (κ1) is 23.5. The second kappa shape index (κ2) is 8.88. The van der Waals surface area contributed by atoms with Gasteiger partial charge < -0.3 is 20.1 Å². The highest BCUT2D eigenvalue weighted by atomic mass is 19.1. The van der Waals surface area contributed by atoms with Crippen molar-refractivity contribution in [3.05, 3.63) is 70.3 Å². The second-order valence-corrected chi connectivity index (χ2v) is 10.2. The molecule has 190 valence electrons. The smallest absolute Gasteiger partial charge is 0.229 e. The van der Waals surface area contributed by atoms with E-state index in [0.717, 1.165) is 62.7 Å². The number of pyridine rings is 2. The van der Waals surface area contributed by atoms with E-state index < -0.39 is 11.6 Å². The van der Waals surface area contributed by atoms with E-state index in [1.807, 2.05) is 30.5 Å². The number of hydrogen-bond donors (Lipinski definition) is 2. The van der Waals surface area contributed by atoms with Crippen LogP contribution in [0.3, 0.4) is 0 Å². The fourth-order valence-corrected chi connectivity index (χ4v) is 5.35. The maximum atomic E-state index is 15.3. The van der Waals surface area contributed by atoms with Gasteiger partial charge in [0, 0.05) is 49.0 Å². The van der Waals surface area contributed by atoms with Crippen LogP contribution in [0.25, 0.3) is 22.2 Å². The summed E-state index contributed by atoms with van der Waals surface area (Å²) in [5, 5.41) is 6.33. The van der Waals surface area contributed by atoms with E-state index in [0.29, 0.717) is 11.3 Å². The molecule has 8 nitrogen and oxygen atoms in total. The van der Waals surface area contributed by atoms with Gasteiger partial charge in [-0.1, -0.05) is 0 Å². The molecule has 0 aliphatic carbocycles. The largest absolute Gasteiger partial charge is 0.368 e. The van der Waals surface area contributed by atoms with Gasteiger partial charge in [0.1, 0.15) is 17.3 Å². The Morgan fingerprint density at radius 1 is 1.03 bits per heavy atom. The molecule has 2 N–H and O–H groups in total. The van der Waals surface area contributed by atoms with Crippen molar-refractivity contribution in [1.29, 1.82) is 0 Å². The van der Waals surface area contributed by atoms with Crippen LogP contribution in [-0.4, -0.2) is 45.7 Å². The van der Waals surface area contributed by atoms with Crippen LogP contribution < -0.4 is 21.0 Å². The fraction of sp³-hybridized carbons (Fsp3) is 0.333. The number of rotatable bonds is 4. The lowest BCUT2D eigenvalue weighted by atomic mass is 10.0. The summed E-state index contributed by atoms with van der Waals surface area (Å²) in [5.41, 5.74) is 1.81. The van der Waals surface area contributed by atoms with E-state index >= 15 is 4.39 Å². The van der Waals surface area contributed by atoms with Gasteiger partial charge in [0.15, 0.2) is 11.2 Å². The number of benzene rings is 1. The second-order valence-electron chi connectivity index (χ2n) is 10.2. The number of nitrogens with one attached hydrogen (secondary N) is 2. The van der Waals surface area contributed by atoms with Crippen LogP contribution in [0.5, 0.6) is 0 Å². The summed E-state index contributed by atoms with van der Waals surface area (Å²) >= 11 is 0. The molecule has 5 heterocycles. The van der Waals surface area contributed by atoms with Gasteiger partial charge in [-0.15, -0.1) is 0 Å². The first-order chi connectivity index (χ1) is 17.8. The number of hydrogen-bond acceptors (Lipinski definition) is 7. The Bertz CT molecular complexity index is 1560. The standard InChI is InChI=1S/C27H27F2N7O/c1-27(2)6-5-17-13-22(37)24-19(28)11-16(12-21(24)36(17)27)25-20(29)15-32-26(34-25)33-23-4-3-18(14-31-23)35-9-7-30-8-10-35/h3-4,11-15,30H,5-10H2,1-2H3,(H,31,32,33,34). The van der Waals surface area contributed by atoms with Crippen molar-refractivity contribution in [2.45, 2.75) is 32.2 Å². The summed E-state index contributed by atoms with van der Waals surface area (Å²) in [6.45, 7) is 7.77. The summed E-state index contributed by atoms with van der Waals surface area (Å²) in [6.07, 6.45) is 4.37. The summed E-state index contributed by atoms with van der Waals surface area (Å²) < 4.78 is 32.2. The molecular formula is C27H27F2N7O. The van der Waals surface area contributed by atoms with Crippen molar-refractivity contribution in [3.8, 4) is 11.3 Å². The lowest BCUT2D eigenvalue weighted by Gasteiger charge is -2.29. The molecule has 3 aromatic heterocycles. The van der Waals surface area contributed by atoms with Gasteiger partial charge in [-0.2, -0.15) is 0 Å². The number of piperazine rings is 1. The van der Waals surface area contributed by atoms with Crippen LogP contribution in [0, 0.1) is 11.6 Å². The highest BCUT2D eigenvalue weighted by Gasteiger charge is 2.31. The molecule has 1 fully saturated rings. The molecule has 2 aliphatic heterocycles. The van der Waals surface area contributed by atoms with Gasteiger partial charge in [0.25, 0.3) is 0 Å². The molecule has 0 saturated carbocycles. The van der Waals surface area contributed by atoms with E-state index in [-0.39, 0.29) is 33.6 Å². The highest BCUT2D eigenvalue weighted by molar-refractivity contribution is 5.85. The van der Waals surface area contributed by atoms with Crippen LogP contribution >= 0.6 is 0 Å². The first-order valence-corrected chi connectivity index (χ1v) is 12.4. The Balaban J connectivity index is 1.36. The van der Waals surface area contributed by atoms with Crippen LogP contribution in [0.2, 0.25) is 0 Å². The number of fused-ring (bicyclic) bond motifs is 3. The zero-order valence-electron chi connectivity index (χ0n) is 20.7. The summed E-state index contributed by atoms with van der Waals surface area (Å²) in [5.74, 6) is -0.749. The van der Waals surface area contributed by atoms with Gasteiger partial charge in [-0.05, 0) is 51.0 Å². The van der Waals surface area contributed by atoms with Crippen LogP contribution in [0.4, 0.5) is 26.2 Å². The maximum absolute atomic E-state index is 15.3. The summed E-state index contributed by atoms with van der Waals surface area (Å²) in [7, 11) is 0. The monoisotopic (exact) mass is 503 g/mol. The Morgan fingerprint density at radius 2 is 1.84 bits per heavy atom. The molecule has 0 amide bonds. The van der Waals surface area contributed by atoms with E-state index in [4.69, 9.17) is 0 Å². The number of aromatic nitrogens is 4. The van der Waals surface area contributed by atoms with Crippen molar-refractivity contribution in [3.63, 3.8) is 0 Å². The minimum Gasteiger partial charge on any atom is -0.368 e. The Labute approximate surface area is 212 Å². The maximum Gasteiger partial charge on any atom is 0.229 e. The topological polar surface area (TPSA) is 88.0 Å². The minimum atomic E-state index is -0.701. The molecular weight excluding hydrogens is 476 g/mol. The van der Waals surface area contributed by atoms with E-state index in [1.165, 1.54) is 6.07 Å². The molecule has 2 aliphatic rings. The average Bonchev–Trinajstić information content (AvgIpc) is 3.20. The molecule has 1 aromatic carbocycles. The third-order valence-electron chi connectivity index (χ3n) is 7.23. The zero-order valence-corrected chi connectivity index (χ0v) is 20.7. The van der Waals surface area contributed by atoms with E-state index in [2.05, 4.69) is 30.5 Å². The van der Waals surface area contributed by atoms with E-state index in [1.54, 1.807) is 12.3 Å². The number of anilines is 3. The van der Waals surface area contributed by atoms with Crippen molar-refractivity contribution >= 4 is 28.4 Å². The lowest BCUT2D eigenvalue weighted by molar-refractivity contribution is 0.386. The third-order valence-corrected chi connectivity index (χ3v) is 7.23. The van der Waals surface area contributed by atoms with E-state index in [9.17, 15) is 9.18 Å². The predicted molar refractivity (Wildman–Crippen MR) is 139 cm³/mol. The number of halogens is 2. The molecule has 1 saturated heterocycles. The SMILES string of the molecule is CC1(C)CCc2cc(=O)c3c(F)cc(-c4nc(Nc5ccc(N6CCNCC6)cn5)ncc4F)cc3n21. The lowest BCUT2D eigenvalue weighted by Crippen LogP contribution is -2.43. The molecule has 0 unspecified atom stereocenters. The van der Waals surface area contributed by atoms with Gasteiger partial charge in [-0.25, -0.2) is 23.7 Å². The summed E-state index contributed by atoms with van der Waals surface area (Å²) in [6, 6.07) is 8.09. The van der Waals surface area contributed by atoms with Crippen LogP contribution in [0.15, 0.2) is 47.5 Å². The van der Waals surface area contributed by atoms with Gasteiger partial charge >= 0.3 is 0 Å². The fourth-order valence-electron chi connectivity index (χ4n) is 5.35. The van der Waals surface area contributed by atoms with Crippen molar-refractivity contribution in [2.24, 2.45) is 0 Å². The number of nitrogens with zero attached hydrogens (tertiary/aromatic N) is 5. The van der Waals surface area contributed by atoms with Crippen molar-refractivity contribution in [2.75, 3.05) is 36.4 Å². The van der Waals surface area contributed by atoms with Crippen molar-refractivity contribution in [1.82, 2.24) is 24.8 Å². The molecule has 37 heavy (non-hydrogen) atoms. The molecule has 0 atom stereocenters. The van der Waals surface area contributed by atoms with Crippen LogP contribution in [0.1, 0.15) is 26.0 Å². The van der Waals surface area contributed by atoms with Crippen molar-refractivity contribution < 1.29 is 8.78 Å².